The second-order valence-electron chi connectivity index (χ2n) is 4.89. The summed E-state index contributed by atoms with van der Waals surface area (Å²) in [5, 5.41) is 10.3. The number of anilines is 1. The first-order chi connectivity index (χ1) is 11.5. The van der Waals surface area contributed by atoms with Gasteiger partial charge in [0.25, 0.3) is 5.91 Å². The van der Waals surface area contributed by atoms with Gasteiger partial charge in [-0.2, -0.15) is 0 Å². The van der Waals surface area contributed by atoms with Crippen molar-refractivity contribution in [1.29, 1.82) is 0 Å². The van der Waals surface area contributed by atoms with Gasteiger partial charge in [-0.3, -0.25) is 9.69 Å². The quantitative estimate of drug-likeness (QED) is 0.534. The largest absolute Gasteiger partial charge is 0.286 e. The van der Waals surface area contributed by atoms with Crippen LogP contribution in [-0.4, -0.2) is 23.2 Å². The number of aromatic nitrogens is 2. The molecule has 1 aromatic heterocycles. The highest BCUT2D eigenvalue weighted by atomic mass is 79.9. The summed E-state index contributed by atoms with van der Waals surface area (Å²) in [5.41, 5.74) is 1.26. The van der Waals surface area contributed by atoms with Gasteiger partial charge in [-0.05, 0) is 30.3 Å². The summed E-state index contributed by atoms with van der Waals surface area (Å²) in [6.07, 6.45) is 0. The van der Waals surface area contributed by atoms with E-state index in [2.05, 4.69) is 26.1 Å². The van der Waals surface area contributed by atoms with Gasteiger partial charge in [0.15, 0.2) is 0 Å². The maximum absolute atomic E-state index is 12.6. The average Bonchev–Trinajstić information content (AvgIpc) is 3.06. The number of hydrogen-bond donors (Lipinski definition) is 0. The molecule has 8 heteroatoms. The van der Waals surface area contributed by atoms with Crippen molar-refractivity contribution in [2.75, 3.05) is 11.9 Å². The van der Waals surface area contributed by atoms with Crippen LogP contribution in [0.25, 0.3) is 10.6 Å². The number of carbonyl (C=O) groups excluding carboxylic acids is 1. The van der Waals surface area contributed by atoms with E-state index < -0.39 is 0 Å². The Morgan fingerprint density at radius 1 is 1.12 bits per heavy atom. The van der Waals surface area contributed by atoms with Crippen LogP contribution in [0.5, 0.6) is 0 Å². The zero-order chi connectivity index (χ0) is 17.3. The predicted molar refractivity (Wildman–Crippen MR) is 102 cm³/mol. The molecule has 24 heavy (non-hydrogen) atoms. The molecular weight excluding hydrogens is 433 g/mol. The van der Waals surface area contributed by atoms with Crippen molar-refractivity contribution in [2.45, 2.75) is 0 Å². The molecule has 122 valence electrons. The number of rotatable bonds is 3. The normalized spacial score (nSPS) is 10.7. The van der Waals surface area contributed by atoms with Crippen LogP contribution in [0.3, 0.4) is 0 Å². The molecule has 3 aromatic rings. The maximum Gasteiger partial charge on any atom is 0.261 e. The van der Waals surface area contributed by atoms with E-state index in [0.29, 0.717) is 20.7 Å². The van der Waals surface area contributed by atoms with E-state index in [-0.39, 0.29) is 5.91 Å². The minimum absolute atomic E-state index is 0.291. The van der Waals surface area contributed by atoms with E-state index in [4.69, 9.17) is 23.2 Å². The van der Waals surface area contributed by atoms with Crippen molar-refractivity contribution in [3.63, 3.8) is 0 Å². The molecule has 0 aliphatic rings. The fourth-order valence-corrected chi connectivity index (χ4v) is 3.43. The molecule has 0 bridgehead atoms. The van der Waals surface area contributed by atoms with E-state index in [0.717, 1.165) is 15.0 Å². The molecule has 1 amide bonds. The van der Waals surface area contributed by atoms with E-state index >= 15 is 0 Å². The van der Waals surface area contributed by atoms with Crippen LogP contribution >= 0.6 is 50.5 Å². The fourth-order valence-electron chi connectivity index (χ4n) is 1.99. The molecule has 0 unspecified atom stereocenters. The van der Waals surface area contributed by atoms with E-state index in [1.807, 2.05) is 24.3 Å². The topological polar surface area (TPSA) is 46.1 Å². The minimum Gasteiger partial charge on any atom is -0.286 e. The summed E-state index contributed by atoms with van der Waals surface area (Å²) in [7, 11) is 1.63. The highest BCUT2D eigenvalue weighted by Crippen LogP contribution is 2.30. The standard InChI is InChI=1S/C16H10BrCl2N3OS/c1-22(15(23)12-8-11(18)6-7-13(12)19)16-21-20-14(24-16)9-2-4-10(17)5-3-9/h2-8H,1H3. The summed E-state index contributed by atoms with van der Waals surface area (Å²) in [6, 6.07) is 12.5. The second-order valence-corrected chi connectivity index (χ2v) is 7.60. The Labute approximate surface area is 161 Å². The lowest BCUT2D eigenvalue weighted by Gasteiger charge is -2.14. The van der Waals surface area contributed by atoms with Crippen molar-refractivity contribution in [3.05, 3.63) is 62.5 Å². The molecule has 0 aliphatic carbocycles. The summed E-state index contributed by atoms with van der Waals surface area (Å²) >= 11 is 16.8. The Morgan fingerprint density at radius 2 is 1.83 bits per heavy atom. The van der Waals surface area contributed by atoms with Crippen LogP contribution in [0.4, 0.5) is 5.13 Å². The second kappa shape index (κ2) is 7.19. The molecule has 0 saturated heterocycles. The van der Waals surface area contributed by atoms with Gasteiger partial charge in [0.1, 0.15) is 5.01 Å². The van der Waals surface area contributed by atoms with Crippen molar-refractivity contribution < 1.29 is 4.79 Å². The fraction of sp³-hybridized carbons (Fsp3) is 0.0625. The number of nitrogens with zero attached hydrogens (tertiary/aromatic N) is 3. The molecule has 0 saturated carbocycles. The van der Waals surface area contributed by atoms with Gasteiger partial charge in [-0.25, -0.2) is 0 Å². The molecule has 0 aliphatic heterocycles. The Hall–Kier alpha value is -1.47. The summed E-state index contributed by atoms with van der Waals surface area (Å²) in [6.45, 7) is 0. The molecule has 2 aromatic carbocycles. The third kappa shape index (κ3) is 3.62. The van der Waals surface area contributed by atoms with Crippen molar-refractivity contribution >= 4 is 61.5 Å². The average molecular weight is 443 g/mol. The molecule has 0 fully saturated rings. The van der Waals surface area contributed by atoms with Crippen molar-refractivity contribution in [2.24, 2.45) is 0 Å². The highest BCUT2D eigenvalue weighted by Gasteiger charge is 2.20. The molecule has 0 atom stereocenters. The van der Waals surface area contributed by atoms with Crippen molar-refractivity contribution in [3.8, 4) is 10.6 Å². The Balaban J connectivity index is 1.88. The SMILES string of the molecule is CN(C(=O)c1cc(Cl)ccc1Cl)c1nnc(-c2ccc(Br)cc2)s1. The van der Waals surface area contributed by atoms with Gasteiger partial charge >= 0.3 is 0 Å². The molecule has 0 N–H and O–H groups in total. The lowest BCUT2D eigenvalue weighted by Crippen LogP contribution is -2.26. The molecular formula is C16H10BrCl2N3OS. The van der Waals surface area contributed by atoms with E-state index in [1.54, 1.807) is 25.2 Å². The number of benzene rings is 2. The zero-order valence-electron chi connectivity index (χ0n) is 12.3. The predicted octanol–water partition coefficient (Wildman–Crippen LogP) is 5.55. The van der Waals surface area contributed by atoms with Gasteiger partial charge in [-0.15, -0.1) is 10.2 Å². The van der Waals surface area contributed by atoms with Gasteiger partial charge in [0.05, 0.1) is 10.6 Å². The lowest BCUT2D eigenvalue weighted by molar-refractivity contribution is 0.0993. The monoisotopic (exact) mass is 441 g/mol. The lowest BCUT2D eigenvalue weighted by atomic mass is 10.2. The summed E-state index contributed by atoms with van der Waals surface area (Å²) < 4.78 is 0.985. The smallest absolute Gasteiger partial charge is 0.261 e. The van der Waals surface area contributed by atoms with Crippen LogP contribution in [0.2, 0.25) is 10.0 Å². The molecule has 4 nitrogen and oxygen atoms in total. The zero-order valence-corrected chi connectivity index (χ0v) is 16.2. The molecule has 0 spiro atoms. The van der Waals surface area contributed by atoms with Crippen LogP contribution in [0.15, 0.2) is 46.9 Å². The summed E-state index contributed by atoms with van der Waals surface area (Å²) in [4.78, 5) is 14.0. The van der Waals surface area contributed by atoms with Gasteiger partial charge in [0.2, 0.25) is 5.13 Å². The first-order valence-corrected chi connectivity index (χ1v) is 9.15. The number of hydrogen-bond acceptors (Lipinski definition) is 4. The maximum atomic E-state index is 12.6. The Kier molecular flexibility index (Phi) is 5.20. The van der Waals surface area contributed by atoms with Crippen LogP contribution in [0.1, 0.15) is 10.4 Å². The van der Waals surface area contributed by atoms with Crippen LogP contribution in [0, 0.1) is 0 Å². The number of amides is 1. The van der Waals surface area contributed by atoms with Crippen molar-refractivity contribution in [1.82, 2.24) is 10.2 Å². The molecule has 1 heterocycles. The Bertz CT molecular complexity index is 899. The number of carbonyl (C=O) groups is 1. The molecule has 0 radical (unpaired) electrons. The summed E-state index contributed by atoms with van der Waals surface area (Å²) in [5.74, 6) is -0.291. The molecule has 3 rings (SSSR count). The van der Waals surface area contributed by atoms with Crippen LogP contribution in [-0.2, 0) is 0 Å². The minimum atomic E-state index is -0.291. The van der Waals surface area contributed by atoms with E-state index in [1.165, 1.54) is 16.2 Å². The van der Waals surface area contributed by atoms with Crippen LogP contribution < -0.4 is 4.90 Å². The van der Waals surface area contributed by atoms with Gasteiger partial charge in [-0.1, -0.05) is 62.6 Å². The first-order valence-electron chi connectivity index (χ1n) is 6.78. The van der Waals surface area contributed by atoms with E-state index in [9.17, 15) is 4.79 Å². The Morgan fingerprint density at radius 3 is 2.54 bits per heavy atom. The third-order valence-electron chi connectivity index (χ3n) is 3.26. The first kappa shape index (κ1) is 17.4. The highest BCUT2D eigenvalue weighted by molar-refractivity contribution is 9.10. The van der Waals surface area contributed by atoms with Gasteiger partial charge < -0.3 is 0 Å². The third-order valence-corrected chi connectivity index (χ3v) is 5.40. The van der Waals surface area contributed by atoms with Gasteiger partial charge in [0, 0.05) is 22.1 Å². The number of halogens is 3.